The number of carbonyl (C=O) groups is 1. The first kappa shape index (κ1) is 51.4. The second-order valence-electron chi connectivity index (χ2n) is 15.8. The van der Waals surface area contributed by atoms with Crippen LogP contribution in [0, 0.1) is 0 Å². The molecule has 1 aliphatic rings. The Bertz CT molecular complexity index is 956. The van der Waals surface area contributed by atoms with E-state index >= 15 is 0 Å². The van der Waals surface area contributed by atoms with Gasteiger partial charge in [0.15, 0.2) is 6.29 Å². The molecule has 1 saturated heterocycles. The van der Waals surface area contributed by atoms with Crippen LogP contribution < -0.4 is 5.32 Å². The number of aliphatic hydroxyl groups excluding tert-OH is 5. The van der Waals surface area contributed by atoms with Crippen LogP contribution in [0.15, 0.2) is 36.5 Å². The summed E-state index contributed by atoms with van der Waals surface area (Å²) in [6.45, 7) is 3.74. The van der Waals surface area contributed by atoms with Crippen molar-refractivity contribution in [2.75, 3.05) is 13.2 Å². The Labute approximate surface area is 336 Å². The van der Waals surface area contributed by atoms with Crippen molar-refractivity contribution in [3.8, 4) is 0 Å². The van der Waals surface area contributed by atoms with Crippen molar-refractivity contribution in [2.24, 2.45) is 0 Å². The summed E-state index contributed by atoms with van der Waals surface area (Å²) in [7, 11) is 0. The SMILES string of the molecule is CCCCCCCCC/C=C/CC/C=C/CC/C=C/C(O)C(COC1OC(CO)C(O)C(O)C1O)NC(=O)CCCCCCCCCCCCCCCCC. The van der Waals surface area contributed by atoms with E-state index in [1.54, 1.807) is 6.08 Å². The molecule has 7 atom stereocenters. The smallest absolute Gasteiger partial charge is 0.220 e. The van der Waals surface area contributed by atoms with E-state index in [9.17, 15) is 30.3 Å². The van der Waals surface area contributed by atoms with Crippen LogP contribution >= 0.6 is 0 Å². The molecular formula is C46H85NO8. The Morgan fingerprint density at radius 2 is 1.04 bits per heavy atom. The maximum absolute atomic E-state index is 12.9. The predicted molar refractivity (Wildman–Crippen MR) is 226 cm³/mol. The topological polar surface area (TPSA) is 149 Å². The number of amides is 1. The molecule has 0 spiro atoms. The van der Waals surface area contributed by atoms with Gasteiger partial charge in [-0.15, -0.1) is 0 Å². The maximum Gasteiger partial charge on any atom is 0.220 e. The average molecular weight is 780 g/mol. The number of nitrogens with one attached hydrogen (secondary N) is 1. The van der Waals surface area contributed by atoms with Crippen molar-refractivity contribution < 1.29 is 39.8 Å². The van der Waals surface area contributed by atoms with Gasteiger partial charge in [0.1, 0.15) is 24.4 Å². The Balaban J connectivity index is 2.41. The van der Waals surface area contributed by atoms with Gasteiger partial charge in [0, 0.05) is 6.42 Å². The zero-order valence-electron chi connectivity index (χ0n) is 35.2. The number of allylic oxidation sites excluding steroid dienone is 5. The zero-order chi connectivity index (χ0) is 40.2. The quantitative estimate of drug-likeness (QED) is 0.0270. The molecule has 9 heteroatoms. The average Bonchev–Trinajstić information content (AvgIpc) is 3.18. The van der Waals surface area contributed by atoms with Gasteiger partial charge in [-0.1, -0.05) is 179 Å². The first-order valence-electron chi connectivity index (χ1n) is 22.7. The van der Waals surface area contributed by atoms with E-state index in [1.807, 2.05) is 6.08 Å². The summed E-state index contributed by atoms with van der Waals surface area (Å²) in [6, 6.07) is -0.823. The van der Waals surface area contributed by atoms with Gasteiger partial charge in [-0.3, -0.25) is 4.79 Å². The van der Waals surface area contributed by atoms with Gasteiger partial charge in [0.25, 0.3) is 0 Å². The van der Waals surface area contributed by atoms with Crippen molar-refractivity contribution >= 4 is 5.91 Å². The van der Waals surface area contributed by atoms with E-state index in [0.29, 0.717) is 6.42 Å². The number of aliphatic hydroxyl groups is 5. The minimum Gasteiger partial charge on any atom is -0.394 e. The fraction of sp³-hybridized carbons (Fsp3) is 0.848. The van der Waals surface area contributed by atoms with E-state index in [-0.39, 0.29) is 12.5 Å². The van der Waals surface area contributed by atoms with Gasteiger partial charge < -0.3 is 40.3 Å². The third-order valence-corrected chi connectivity index (χ3v) is 10.7. The highest BCUT2D eigenvalue weighted by Crippen LogP contribution is 2.22. The lowest BCUT2D eigenvalue weighted by molar-refractivity contribution is -0.302. The summed E-state index contributed by atoms with van der Waals surface area (Å²) < 4.78 is 11.2. The predicted octanol–water partition coefficient (Wildman–Crippen LogP) is 9.28. The van der Waals surface area contributed by atoms with E-state index in [2.05, 4.69) is 43.5 Å². The van der Waals surface area contributed by atoms with Crippen molar-refractivity contribution in [3.63, 3.8) is 0 Å². The molecule has 322 valence electrons. The molecule has 1 fully saturated rings. The van der Waals surface area contributed by atoms with Crippen LogP contribution in [0.5, 0.6) is 0 Å². The number of hydrogen-bond donors (Lipinski definition) is 6. The molecule has 0 aromatic heterocycles. The second kappa shape index (κ2) is 36.7. The summed E-state index contributed by atoms with van der Waals surface area (Å²) in [4.78, 5) is 12.9. The van der Waals surface area contributed by atoms with Gasteiger partial charge in [0.2, 0.25) is 5.91 Å². The van der Waals surface area contributed by atoms with Crippen LogP contribution in [-0.2, 0) is 14.3 Å². The number of carbonyl (C=O) groups excluding carboxylic acids is 1. The summed E-state index contributed by atoms with van der Waals surface area (Å²) in [5.74, 6) is -0.191. The van der Waals surface area contributed by atoms with E-state index in [4.69, 9.17) is 9.47 Å². The minimum absolute atomic E-state index is 0.191. The van der Waals surface area contributed by atoms with Crippen LogP contribution in [0.1, 0.15) is 194 Å². The Kier molecular flexibility index (Phi) is 34.3. The molecule has 7 unspecified atom stereocenters. The van der Waals surface area contributed by atoms with Crippen molar-refractivity contribution in [3.05, 3.63) is 36.5 Å². The Morgan fingerprint density at radius 1 is 0.600 bits per heavy atom. The summed E-state index contributed by atoms with van der Waals surface area (Å²) in [5, 5.41) is 54.1. The van der Waals surface area contributed by atoms with Crippen LogP contribution in [0.3, 0.4) is 0 Å². The highest BCUT2D eigenvalue weighted by molar-refractivity contribution is 5.76. The molecule has 0 aromatic rings. The normalized spacial score (nSPS) is 21.6. The molecule has 1 heterocycles. The van der Waals surface area contributed by atoms with Crippen LogP contribution in [-0.4, -0.2) is 87.5 Å². The molecule has 9 nitrogen and oxygen atoms in total. The van der Waals surface area contributed by atoms with Gasteiger partial charge in [-0.25, -0.2) is 0 Å². The first-order chi connectivity index (χ1) is 26.8. The van der Waals surface area contributed by atoms with Crippen molar-refractivity contribution in [2.45, 2.75) is 236 Å². The highest BCUT2D eigenvalue weighted by Gasteiger charge is 2.44. The Hall–Kier alpha value is -1.59. The molecule has 0 bridgehead atoms. The molecule has 1 amide bonds. The molecule has 55 heavy (non-hydrogen) atoms. The summed E-state index contributed by atoms with van der Waals surface area (Å²) in [6.07, 6.45) is 37.5. The maximum atomic E-state index is 12.9. The summed E-state index contributed by atoms with van der Waals surface area (Å²) >= 11 is 0. The zero-order valence-corrected chi connectivity index (χ0v) is 35.2. The van der Waals surface area contributed by atoms with Gasteiger partial charge in [0.05, 0.1) is 25.4 Å². The molecule has 1 rings (SSSR count). The number of ether oxygens (including phenoxy) is 2. The van der Waals surface area contributed by atoms with Crippen molar-refractivity contribution in [1.29, 1.82) is 0 Å². The third kappa shape index (κ3) is 27.6. The third-order valence-electron chi connectivity index (χ3n) is 10.7. The molecule has 0 aliphatic carbocycles. The highest BCUT2D eigenvalue weighted by atomic mass is 16.7. The number of rotatable bonds is 37. The van der Waals surface area contributed by atoms with Gasteiger partial charge in [-0.05, 0) is 44.9 Å². The first-order valence-corrected chi connectivity index (χ1v) is 22.7. The minimum atomic E-state index is -1.57. The number of unbranched alkanes of at least 4 members (excludes halogenated alkanes) is 23. The van der Waals surface area contributed by atoms with E-state index in [1.165, 1.54) is 128 Å². The van der Waals surface area contributed by atoms with Gasteiger partial charge >= 0.3 is 0 Å². The van der Waals surface area contributed by atoms with Crippen LogP contribution in [0.4, 0.5) is 0 Å². The lowest BCUT2D eigenvalue weighted by atomic mass is 9.99. The molecule has 0 saturated carbocycles. The Morgan fingerprint density at radius 3 is 1.53 bits per heavy atom. The van der Waals surface area contributed by atoms with E-state index < -0.39 is 49.5 Å². The van der Waals surface area contributed by atoms with Crippen LogP contribution in [0.2, 0.25) is 0 Å². The second-order valence-corrected chi connectivity index (χ2v) is 15.8. The molecule has 1 aliphatic heterocycles. The lowest BCUT2D eigenvalue weighted by Gasteiger charge is -2.40. The summed E-state index contributed by atoms with van der Waals surface area (Å²) in [5.41, 5.74) is 0. The van der Waals surface area contributed by atoms with Crippen molar-refractivity contribution in [1.82, 2.24) is 5.32 Å². The fourth-order valence-corrected chi connectivity index (χ4v) is 7.01. The standard InChI is InChI=1S/C46H85NO8/c1-3-5-7-9-11-13-15-17-19-20-22-23-25-27-29-31-33-35-40(49)39(38-54-46-45(53)44(52)43(51)41(37-48)55-46)47-42(50)36-34-32-30-28-26-24-21-18-16-14-12-10-8-6-4-2/h19-20,25,27,33,35,39-41,43-46,48-49,51-53H,3-18,21-24,26,28-32,34,36-38H2,1-2H3,(H,47,50)/b20-19+,27-25+,35-33+. The van der Waals surface area contributed by atoms with Crippen LogP contribution in [0.25, 0.3) is 0 Å². The number of hydrogen-bond acceptors (Lipinski definition) is 8. The molecule has 0 radical (unpaired) electrons. The molecular weight excluding hydrogens is 695 g/mol. The monoisotopic (exact) mass is 780 g/mol. The van der Waals surface area contributed by atoms with Gasteiger partial charge in [-0.2, -0.15) is 0 Å². The largest absolute Gasteiger partial charge is 0.394 e. The fourth-order valence-electron chi connectivity index (χ4n) is 7.01. The van der Waals surface area contributed by atoms with E-state index in [0.717, 1.165) is 44.9 Å². The lowest BCUT2D eigenvalue weighted by Crippen LogP contribution is -2.60. The molecule has 0 aromatic carbocycles. The molecule has 6 N–H and O–H groups in total.